The van der Waals surface area contributed by atoms with Crippen LogP contribution < -0.4 is 5.32 Å². The molecule has 154 valence electrons. The van der Waals surface area contributed by atoms with Gasteiger partial charge in [-0.05, 0) is 47.8 Å². The van der Waals surface area contributed by atoms with Gasteiger partial charge in [0.15, 0.2) is 0 Å². The van der Waals surface area contributed by atoms with Crippen molar-refractivity contribution in [2.75, 3.05) is 18.4 Å². The van der Waals surface area contributed by atoms with Gasteiger partial charge in [0.25, 0.3) is 5.91 Å². The van der Waals surface area contributed by atoms with Gasteiger partial charge in [-0.15, -0.1) is 11.3 Å². The van der Waals surface area contributed by atoms with Crippen LogP contribution in [-0.4, -0.2) is 31.7 Å². The molecule has 1 heterocycles. The van der Waals surface area contributed by atoms with Crippen molar-refractivity contribution in [1.29, 1.82) is 0 Å². The van der Waals surface area contributed by atoms with Crippen molar-refractivity contribution in [3.05, 3.63) is 82.0 Å². The Morgan fingerprint density at radius 2 is 1.77 bits per heavy atom. The normalized spacial score (nSPS) is 11.0. The summed E-state index contributed by atoms with van der Waals surface area (Å²) in [7, 11) is -3.63. The van der Waals surface area contributed by atoms with Gasteiger partial charge in [0, 0.05) is 29.9 Å². The minimum absolute atomic E-state index is 0.106. The van der Waals surface area contributed by atoms with Gasteiger partial charge in [0.1, 0.15) is 0 Å². The summed E-state index contributed by atoms with van der Waals surface area (Å²) in [6.45, 7) is 4.31. The Kier molecular flexibility index (Phi) is 7.06. The van der Waals surface area contributed by atoms with Crippen molar-refractivity contribution in [2.45, 2.75) is 18.7 Å². The van der Waals surface area contributed by atoms with E-state index in [1.807, 2.05) is 29.6 Å². The van der Waals surface area contributed by atoms with Gasteiger partial charge in [-0.1, -0.05) is 43.9 Å². The standard InChI is InChI=1S/C23H22N2O3S2/c1-3-25(4-2)30(27,28)22-12-6-9-19(17-22)23(26)24-20-10-5-8-18(16-20)13-14-21-11-7-15-29-21/h5-12,15-17H,3-4H2,1-2H3,(H,24,26). The second-order valence-electron chi connectivity index (χ2n) is 6.38. The molecule has 0 unspecified atom stereocenters. The van der Waals surface area contributed by atoms with E-state index in [4.69, 9.17) is 0 Å². The number of benzene rings is 2. The fraction of sp³-hybridized carbons (Fsp3) is 0.174. The smallest absolute Gasteiger partial charge is 0.255 e. The molecule has 1 amide bonds. The van der Waals surface area contributed by atoms with Crippen molar-refractivity contribution in [1.82, 2.24) is 4.31 Å². The summed E-state index contributed by atoms with van der Waals surface area (Å²) in [6, 6.07) is 17.2. The van der Waals surface area contributed by atoms with Gasteiger partial charge in [0.2, 0.25) is 10.0 Å². The first kappa shape index (κ1) is 21.8. The minimum atomic E-state index is -3.63. The Morgan fingerprint density at radius 3 is 2.47 bits per heavy atom. The molecule has 0 fully saturated rings. The van der Waals surface area contributed by atoms with Crippen LogP contribution in [0.2, 0.25) is 0 Å². The van der Waals surface area contributed by atoms with E-state index in [0.717, 1.165) is 10.4 Å². The van der Waals surface area contributed by atoms with E-state index >= 15 is 0 Å². The molecular weight excluding hydrogens is 416 g/mol. The summed E-state index contributed by atoms with van der Waals surface area (Å²) < 4.78 is 26.8. The third-order valence-corrected chi connectivity index (χ3v) is 7.24. The molecule has 1 N–H and O–H groups in total. The Labute approximate surface area is 181 Å². The highest BCUT2D eigenvalue weighted by Gasteiger charge is 2.22. The zero-order valence-electron chi connectivity index (χ0n) is 16.8. The second kappa shape index (κ2) is 9.72. The second-order valence-corrected chi connectivity index (χ2v) is 9.27. The van der Waals surface area contributed by atoms with Gasteiger partial charge in [-0.25, -0.2) is 8.42 Å². The highest BCUT2D eigenvalue weighted by atomic mass is 32.2. The highest BCUT2D eigenvalue weighted by Crippen LogP contribution is 2.18. The van der Waals surface area contributed by atoms with E-state index in [9.17, 15) is 13.2 Å². The number of nitrogens with one attached hydrogen (secondary N) is 1. The fourth-order valence-corrected chi connectivity index (χ4v) is 4.95. The summed E-state index contributed by atoms with van der Waals surface area (Å²) in [6.07, 6.45) is 0. The molecular formula is C23H22N2O3S2. The zero-order chi connectivity index (χ0) is 21.6. The van der Waals surface area contributed by atoms with Gasteiger partial charge in [0.05, 0.1) is 9.77 Å². The fourth-order valence-electron chi connectivity index (χ4n) is 2.87. The lowest BCUT2D eigenvalue weighted by molar-refractivity contribution is 0.102. The van der Waals surface area contributed by atoms with Crippen molar-refractivity contribution in [3.63, 3.8) is 0 Å². The molecule has 0 spiro atoms. The first-order valence-electron chi connectivity index (χ1n) is 9.51. The van der Waals surface area contributed by atoms with Gasteiger partial charge in [-0.2, -0.15) is 4.31 Å². The van der Waals surface area contributed by atoms with E-state index in [2.05, 4.69) is 17.2 Å². The molecule has 3 rings (SSSR count). The maximum atomic E-state index is 12.7. The molecule has 0 aliphatic heterocycles. The molecule has 0 atom stereocenters. The molecule has 0 saturated heterocycles. The van der Waals surface area contributed by atoms with Crippen LogP contribution in [0.5, 0.6) is 0 Å². The predicted octanol–water partition coefficient (Wildman–Crippen LogP) is 4.43. The molecule has 0 radical (unpaired) electrons. The molecule has 5 nitrogen and oxygen atoms in total. The maximum Gasteiger partial charge on any atom is 0.255 e. The zero-order valence-corrected chi connectivity index (χ0v) is 18.4. The van der Waals surface area contributed by atoms with Crippen LogP contribution in [0.25, 0.3) is 0 Å². The molecule has 3 aromatic rings. The van der Waals surface area contributed by atoms with Crippen molar-refractivity contribution < 1.29 is 13.2 Å². The van der Waals surface area contributed by atoms with E-state index in [-0.39, 0.29) is 16.4 Å². The van der Waals surface area contributed by atoms with Crippen molar-refractivity contribution in [2.24, 2.45) is 0 Å². The number of thiophene rings is 1. The third-order valence-electron chi connectivity index (χ3n) is 4.41. The average Bonchev–Trinajstić information content (AvgIpc) is 3.27. The summed E-state index contributed by atoms with van der Waals surface area (Å²) in [5.41, 5.74) is 1.65. The van der Waals surface area contributed by atoms with Crippen LogP contribution in [-0.2, 0) is 10.0 Å². The number of amides is 1. The molecule has 0 aliphatic carbocycles. The Bertz CT molecular complexity index is 1190. The first-order chi connectivity index (χ1) is 14.4. The quantitative estimate of drug-likeness (QED) is 0.579. The lowest BCUT2D eigenvalue weighted by Gasteiger charge is -2.18. The number of anilines is 1. The number of rotatable bonds is 6. The lowest BCUT2D eigenvalue weighted by Crippen LogP contribution is -2.30. The molecule has 30 heavy (non-hydrogen) atoms. The molecule has 0 saturated carbocycles. The van der Waals surface area contributed by atoms with Gasteiger partial charge < -0.3 is 5.32 Å². The van der Waals surface area contributed by atoms with Gasteiger partial charge in [-0.3, -0.25) is 4.79 Å². The van der Waals surface area contributed by atoms with E-state index in [0.29, 0.717) is 18.8 Å². The third kappa shape index (κ3) is 5.16. The molecule has 0 bridgehead atoms. The largest absolute Gasteiger partial charge is 0.322 e. The van der Waals surface area contributed by atoms with Crippen LogP contribution in [0.3, 0.4) is 0 Å². The number of hydrogen-bond acceptors (Lipinski definition) is 4. The number of carbonyl (C=O) groups excluding carboxylic acids is 1. The van der Waals surface area contributed by atoms with Crippen LogP contribution >= 0.6 is 11.3 Å². The van der Waals surface area contributed by atoms with Crippen molar-refractivity contribution in [3.8, 4) is 11.8 Å². The summed E-state index contributed by atoms with van der Waals surface area (Å²) >= 11 is 1.57. The van der Waals surface area contributed by atoms with E-state index < -0.39 is 10.0 Å². The number of hydrogen-bond donors (Lipinski definition) is 1. The number of carbonyl (C=O) groups is 1. The topological polar surface area (TPSA) is 66.5 Å². The Balaban J connectivity index is 1.79. The minimum Gasteiger partial charge on any atom is -0.322 e. The van der Waals surface area contributed by atoms with Crippen LogP contribution in [0, 0.1) is 11.8 Å². The molecule has 7 heteroatoms. The SMILES string of the molecule is CCN(CC)S(=O)(=O)c1cccc(C(=O)Nc2cccc(C#Cc3cccs3)c2)c1. The maximum absolute atomic E-state index is 12.7. The predicted molar refractivity (Wildman–Crippen MR) is 121 cm³/mol. The Morgan fingerprint density at radius 1 is 1.00 bits per heavy atom. The molecule has 2 aromatic carbocycles. The highest BCUT2D eigenvalue weighted by molar-refractivity contribution is 7.89. The first-order valence-corrected chi connectivity index (χ1v) is 11.8. The van der Waals surface area contributed by atoms with Crippen molar-refractivity contribution >= 4 is 33.0 Å². The van der Waals surface area contributed by atoms with Crippen LogP contribution in [0.15, 0.2) is 70.9 Å². The number of nitrogens with zero attached hydrogens (tertiary/aromatic N) is 1. The Hall–Kier alpha value is -2.92. The molecule has 1 aromatic heterocycles. The lowest BCUT2D eigenvalue weighted by atomic mass is 10.1. The summed E-state index contributed by atoms with van der Waals surface area (Å²) in [5.74, 6) is 5.78. The van der Waals surface area contributed by atoms with Gasteiger partial charge >= 0.3 is 0 Å². The number of sulfonamides is 1. The summed E-state index contributed by atoms with van der Waals surface area (Å²) in [4.78, 5) is 13.8. The average molecular weight is 439 g/mol. The monoisotopic (exact) mass is 438 g/mol. The molecule has 0 aliphatic rings. The summed E-state index contributed by atoms with van der Waals surface area (Å²) in [5, 5.41) is 4.78. The van der Waals surface area contributed by atoms with E-state index in [1.54, 1.807) is 49.4 Å². The van der Waals surface area contributed by atoms with Crippen LogP contribution in [0.4, 0.5) is 5.69 Å². The van der Waals surface area contributed by atoms with Crippen LogP contribution in [0.1, 0.15) is 34.6 Å². The van der Waals surface area contributed by atoms with E-state index in [1.165, 1.54) is 16.4 Å².